The van der Waals surface area contributed by atoms with Gasteiger partial charge in [-0.3, -0.25) is 4.90 Å². The SMILES string of the molecule is CCCCNC(=O)N(C)c1cccc(Br)c1. The van der Waals surface area contributed by atoms with Gasteiger partial charge in [-0.1, -0.05) is 35.3 Å². The lowest BCUT2D eigenvalue weighted by atomic mass is 10.3. The van der Waals surface area contributed by atoms with E-state index in [1.165, 1.54) is 0 Å². The lowest BCUT2D eigenvalue weighted by Gasteiger charge is -2.18. The third kappa shape index (κ3) is 3.85. The number of hydrogen-bond acceptors (Lipinski definition) is 1. The van der Waals surface area contributed by atoms with Crippen LogP contribution in [0, 0.1) is 0 Å². The lowest BCUT2D eigenvalue weighted by molar-refractivity contribution is 0.247. The van der Waals surface area contributed by atoms with Crippen molar-refractivity contribution in [3.63, 3.8) is 0 Å². The number of carbonyl (C=O) groups is 1. The van der Waals surface area contributed by atoms with Gasteiger partial charge in [0.05, 0.1) is 0 Å². The maximum Gasteiger partial charge on any atom is 0.321 e. The topological polar surface area (TPSA) is 32.3 Å². The number of unbranched alkanes of at least 4 members (excludes halogenated alkanes) is 1. The van der Waals surface area contributed by atoms with Gasteiger partial charge in [0.2, 0.25) is 0 Å². The van der Waals surface area contributed by atoms with E-state index in [0.29, 0.717) is 0 Å². The number of nitrogens with one attached hydrogen (secondary N) is 1. The number of halogens is 1. The van der Waals surface area contributed by atoms with E-state index in [0.717, 1.165) is 29.5 Å². The number of amides is 2. The molecule has 1 rings (SSSR count). The molecule has 0 bridgehead atoms. The molecule has 0 unspecified atom stereocenters. The Hall–Kier alpha value is -1.03. The predicted octanol–water partition coefficient (Wildman–Crippen LogP) is 3.40. The summed E-state index contributed by atoms with van der Waals surface area (Å²) in [6.07, 6.45) is 2.10. The Labute approximate surface area is 105 Å². The molecule has 0 heterocycles. The Morgan fingerprint density at radius 1 is 1.50 bits per heavy atom. The fourth-order valence-electron chi connectivity index (χ4n) is 1.29. The van der Waals surface area contributed by atoms with Crippen molar-refractivity contribution in [2.24, 2.45) is 0 Å². The van der Waals surface area contributed by atoms with Crippen LogP contribution in [-0.2, 0) is 0 Å². The van der Waals surface area contributed by atoms with Gasteiger partial charge in [0, 0.05) is 23.8 Å². The van der Waals surface area contributed by atoms with Crippen molar-refractivity contribution in [3.05, 3.63) is 28.7 Å². The van der Waals surface area contributed by atoms with Gasteiger partial charge in [-0.05, 0) is 24.6 Å². The molecule has 2 amide bonds. The highest BCUT2D eigenvalue weighted by atomic mass is 79.9. The summed E-state index contributed by atoms with van der Waals surface area (Å²) in [7, 11) is 1.77. The molecular weight excluding hydrogens is 268 g/mol. The van der Waals surface area contributed by atoms with Gasteiger partial charge < -0.3 is 5.32 Å². The zero-order chi connectivity index (χ0) is 12.0. The van der Waals surface area contributed by atoms with Crippen LogP contribution in [0.5, 0.6) is 0 Å². The fraction of sp³-hybridized carbons (Fsp3) is 0.417. The average Bonchev–Trinajstić information content (AvgIpc) is 2.28. The van der Waals surface area contributed by atoms with Crippen LogP contribution in [0.2, 0.25) is 0 Å². The molecule has 0 saturated heterocycles. The Kier molecular flexibility index (Phi) is 5.32. The summed E-state index contributed by atoms with van der Waals surface area (Å²) in [5.41, 5.74) is 0.878. The summed E-state index contributed by atoms with van der Waals surface area (Å²) in [5.74, 6) is 0. The minimum Gasteiger partial charge on any atom is -0.338 e. The monoisotopic (exact) mass is 284 g/mol. The molecule has 16 heavy (non-hydrogen) atoms. The highest BCUT2D eigenvalue weighted by molar-refractivity contribution is 9.10. The van der Waals surface area contributed by atoms with Crippen LogP contribution in [0.1, 0.15) is 19.8 Å². The fourth-order valence-corrected chi connectivity index (χ4v) is 1.68. The third-order valence-electron chi connectivity index (χ3n) is 2.31. The number of nitrogens with zero attached hydrogens (tertiary/aromatic N) is 1. The van der Waals surface area contributed by atoms with Crippen molar-refractivity contribution >= 4 is 27.6 Å². The van der Waals surface area contributed by atoms with Crippen molar-refractivity contribution in [1.29, 1.82) is 0 Å². The maximum absolute atomic E-state index is 11.7. The van der Waals surface area contributed by atoms with Crippen molar-refractivity contribution in [1.82, 2.24) is 5.32 Å². The molecule has 1 N–H and O–H groups in total. The molecule has 0 aliphatic carbocycles. The molecule has 1 aromatic carbocycles. The molecule has 1 aromatic rings. The van der Waals surface area contributed by atoms with E-state index in [4.69, 9.17) is 0 Å². The molecule has 0 saturated carbocycles. The van der Waals surface area contributed by atoms with Gasteiger partial charge in [0.25, 0.3) is 0 Å². The van der Waals surface area contributed by atoms with Crippen molar-refractivity contribution < 1.29 is 4.79 Å². The zero-order valence-corrected chi connectivity index (χ0v) is 11.3. The van der Waals surface area contributed by atoms with Crippen LogP contribution >= 0.6 is 15.9 Å². The van der Waals surface area contributed by atoms with E-state index >= 15 is 0 Å². The molecular formula is C12H17BrN2O. The molecule has 0 spiro atoms. The molecule has 3 nitrogen and oxygen atoms in total. The largest absolute Gasteiger partial charge is 0.338 e. The Bertz CT molecular complexity index is 355. The molecule has 0 aliphatic rings. The Balaban J connectivity index is 2.56. The van der Waals surface area contributed by atoms with Crippen molar-refractivity contribution in [2.45, 2.75) is 19.8 Å². The highest BCUT2D eigenvalue weighted by Gasteiger charge is 2.09. The maximum atomic E-state index is 11.7. The predicted molar refractivity (Wildman–Crippen MR) is 70.9 cm³/mol. The lowest BCUT2D eigenvalue weighted by Crippen LogP contribution is -2.37. The average molecular weight is 285 g/mol. The van der Waals surface area contributed by atoms with E-state index < -0.39 is 0 Å². The van der Waals surface area contributed by atoms with Crippen molar-refractivity contribution in [2.75, 3.05) is 18.5 Å². The van der Waals surface area contributed by atoms with Crippen LogP contribution in [0.15, 0.2) is 28.7 Å². The van der Waals surface area contributed by atoms with E-state index in [9.17, 15) is 4.79 Å². The third-order valence-corrected chi connectivity index (χ3v) is 2.80. The molecule has 0 aliphatic heterocycles. The highest BCUT2D eigenvalue weighted by Crippen LogP contribution is 2.18. The van der Waals surface area contributed by atoms with E-state index in [-0.39, 0.29) is 6.03 Å². The van der Waals surface area contributed by atoms with Crippen LogP contribution in [0.25, 0.3) is 0 Å². The summed E-state index contributed by atoms with van der Waals surface area (Å²) in [4.78, 5) is 13.3. The van der Waals surface area contributed by atoms with Gasteiger partial charge >= 0.3 is 6.03 Å². The number of anilines is 1. The van der Waals surface area contributed by atoms with Gasteiger partial charge in [-0.25, -0.2) is 4.79 Å². The van der Waals surface area contributed by atoms with Crippen LogP contribution in [0.3, 0.4) is 0 Å². The second-order valence-electron chi connectivity index (χ2n) is 3.62. The number of rotatable bonds is 4. The number of hydrogen-bond donors (Lipinski definition) is 1. The molecule has 88 valence electrons. The normalized spacial score (nSPS) is 9.94. The Morgan fingerprint density at radius 2 is 2.25 bits per heavy atom. The van der Waals surface area contributed by atoms with E-state index in [2.05, 4.69) is 28.2 Å². The second-order valence-corrected chi connectivity index (χ2v) is 4.54. The van der Waals surface area contributed by atoms with Gasteiger partial charge in [0.1, 0.15) is 0 Å². The number of urea groups is 1. The smallest absolute Gasteiger partial charge is 0.321 e. The molecule has 0 atom stereocenters. The summed E-state index contributed by atoms with van der Waals surface area (Å²) in [6.45, 7) is 2.83. The van der Waals surface area contributed by atoms with Gasteiger partial charge in [-0.15, -0.1) is 0 Å². The first-order valence-corrected chi connectivity index (χ1v) is 6.21. The first-order chi connectivity index (χ1) is 7.65. The van der Waals surface area contributed by atoms with Crippen LogP contribution < -0.4 is 10.2 Å². The van der Waals surface area contributed by atoms with Crippen LogP contribution in [0.4, 0.5) is 10.5 Å². The van der Waals surface area contributed by atoms with Crippen molar-refractivity contribution in [3.8, 4) is 0 Å². The van der Waals surface area contributed by atoms with E-state index in [1.54, 1.807) is 11.9 Å². The second kappa shape index (κ2) is 6.53. The number of carbonyl (C=O) groups excluding carboxylic acids is 1. The summed E-state index contributed by atoms with van der Waals surface area (Å²) in [5, 5.41) is 2.87. The standard InChI is InChI=1S/C12H17BrN2O/c1-3-4-8-14-12(16)15(2)11-7-5-6-10(13)9-11/h5-7,9H,3-4,8H2,1-2H3,(H,14,16). The van der Waals surface area contributed by atoms with Crippen LogP contribution in [-0.4, -0.2) is 19.6 Å². The number of benzene rings is 1. The zero-order valence-electron chi connectivity index (χ0n) is 9.66. The molecule has 0 fully saturated rings. The summed E-state index contributed by atoms with van der Waals surface area (Å²) >= 11 is 3.39. The molecule has 4 heteroatoms. The molecule has 0 aromatic heterocycles. The molecule has 0 radical (unpaired) electrons. The summed E-state index contributed by atoms with van der Waals surface area (Å²) < 4.78 is 0.971. The first kappa shape index (κ1) is 13.0. The van der Waals surface area contributed by atoms with Gasteiger partial charge in [0.15, 0.2) is 0 Å². The summed E-state index contributed by atoms with van der Waals surface area (Å²) in [6, 6.07) is 7.61. The quantitative estimate of drug-likeness (QED) is 0.845. The van der Waals surface area contributed by atoms with Gasteiger partial charge in [-0.2, -0.15) is 0 Å². The minimum absolute atomic E-state index is 0.0634. The first-order valence-electron chi connectivity index (χ1n) is 5.42. The van der Waals surface area contributed by atoms with E-state index in [1.807, 2.05) is 24.3 Å². The Morgan fingerprint density at radius 3 is 2.88 bits per heavy atom. The minimum atomic E-state index is -0.0634.